The first-order chi connectivity index (χ1) is 9.49. The molecule has 1 aromatic rings. The van der Waals surface area contributed by atoms with Crippen molar-refractivity contribution in [2.45, 2.75) is 19.0 Å². The molecule has 1 saturated heterocycles. The molecule has 2 heterocycles. The average molecular weight is 290 g/mol. The van der Waals surface area contributed by atoms with E-state index in [1.165, 1.54) is 7.05 Å². The van der Waals surface area contributed by atoms with Gasteiger partial charge in [0.1, 0.15) is 6.61 Å². The molecule has 0 spiro atoms. The standard InChI is InChI=1S/C12H17F3N4O/c1-16-11-17-9(12(13,14)15)8-10(18-11)20-7-6-19-4-2-3-5-19/h8H,2-7H2,1H3,(H,16,17,18). The highest BCUT2D eigenvalue weighted by molar-refractivity contribution is 5.31. The Balaban J connectivity index is 1.98. The topological polar surface area (TPSA) is 50.3 Å². The van der Waals surface area contributed by atoms with E-state index in [0.717, 1.165) is 32.0 Å². The highest BCUT2D eigenvalue weighted by Crippen LogP contribution is 2.30. The molecule has 0 unspecified atom stereocenters. The number of nitrogens with zero attached hydrogens (tertiary/aromatic N) is 3. The second kappa shape index (κ2) is 6.25. The minimum Gasteiger partial charge on any atom is -0.476 e. The van der Waals surface area contributed by atoms with Gasteiger partial charge in [-0.05, 0) is 25.9 Å². The van der Waals surface area contributed by atoms with E-state index in [2.05, 4.69) is 20.2 Å². The number of likely N-dealkylation sites (tertiary alicyclic amines) is 1. The van der Waals surface area contributed by atoms with Crippen LogP contribution in [0.5, 0.6) is 5.88 Å². The Hall–Kier alpha value is -1.57. The number of halogens is 3. The van der Waals surface area contributed by atoms with Gasteiger partial charge < -0.3 is 10.1 Å². The zero-order valence-electron chi connectivity index (χ0n) is 11.2. The molecule has 8 heteroatoms. The number of aromatic nitrogens is 2. The quantitative estimate of drug-likeness (QED) is 0.899. The van der Waals surface area contributed by atoms with Crippen molar-refractivity contribution in [1.29, 1.82) is 0 Å². The summed E-state index contributed by atoms with van der Waals surface area (Å²) >= 11 is 0. The SMILES string of the molecule is CNc1nc(OCCN2CCCC2)cc(C(F)(F)F)n1. The Morgan fingerprint density at radius 3 is 2.60 bits per heavy atom. The number of rotatable bonds is 5. The van der Waals surface area contributed by atoms with Gasteiger partial charge in [-0.25, -0.2) is 4.98 Å². The average Bonchev–Trinajstić information content (AvgIpc) is 2.90. The molecule has 20 heavy (non-hydrogen) atoms. The lowest BCUT2D eigenvalue weighted by Gasteiger charge is -2.15. The molecule has 0 amide bonds. The van der Waals surface area contributed by atoms with Gasteiger partial charge >= 0.3 is 6.18 Å². The van der Waals surface area contributed by atoms with E-state index in [1.807, 2.05) is 0 Å². The summed E-state index contributed by atoms with van der Waals surface area (Å²) in [5, 5.41) is 2.50. The molecule has 0 aromatic carbocycles. The maximum absolute atomic E-state index is 12.7. The Bertz CT molecular complexity index is 447. The van der Waals surface area contributed by atoms with E-state index in [1.54, 1.807) is 0 Å². The molecule has 1 aliphatic heterocycles. The Morgan fingerprint density at radius 2 is 2.00 bits per heavy atom. The van der Waals surface area contributed by atoms with Crippen molar-refractivity contribution in [1.82, 2.24) is 14.9 Å². The minimum absolute atomic E-state index is 0.0594. The normalized spacial score (nSPS) is 16.4. The minimum atomic E-state index is -4.51. The summed E-state index contributed by atoms with van der Waals surface area (Å²) in [5.74, 6) is -0.160. The van der Waals surface area contributed by atoms with Crippen molar-refractivity contribution in [3.05, 3.63) is 11.8 Å². The first-order valence-corrected chi connectivity index (χ1v) is 6.48. The number of anilines is 1. The van der Waals surface area contributed by atoms with Crippen LogP contribution in [0.1, 0.15) is 18.5 Å². The maximum atomic E-state index is 12.7. The highest BCUT2D eigenvalue weighted by atomic mass is 19.4. The smallest absolute Gasteiger partial charge is 0.433 e. The van der Waals surface area contributed by atoms with Crippen LogP contribution in [0.25, 0.3) is 0 Å². The van der Waals surface area contributed by atoms with Crippen LogP contribution in [0.3, 0.4) is 0 Å². The third kappa shape index (κ3) is 3.96. The van der Waals surface area contributed by atoms with E-state index in [9.17, 15) is 13.2 Å². The van der Waals surface area contributed by atoms with Crippen molar-refractivity contribution < 1.29 is 17.9 Å². The fraction of sp³-hybridized carbons (Fsp3) is 0.667. The predicted octanol–water partition coefficient (Wildman–Crippen LogP) is 2.01. The van der Waals surface area contributed by atoms with Gasteiger partial charge in [0, 0.05) is 19.7 Å². The predicted molar refractivity (Wildman–Crippen MR) is 67.7 cm³/mol. The fourth-order valence-electron chi connectivity index (χ4n) is 2.04. The Kier molecular flexibility index (Phi) is 4.64. The fourth-order valence-corrected chi connectivity index (χ4v) is 2.04. The summed E-state index contributed by atoms with van der Waals surface area (Å²) in [6, 6.07) is 0.824. The van der Waals surface area contributed by atoms with Crippen molar-refractivity contribution in [3.8, 4) is 5.88 Å². The summed E-state index contributed by atoms with van der Waals surface area (Å²) in [5.41, 5.74) is -1.01. The molecule has 1 aliphatic rings. The monoisotopic (exact) mass is 290 g/mol. The van der Waals surface area contributed by atoms with Crippen LogP contribution in [0.15, 0.2) is 6.07 Å². The third-order valence-corrected chi connectivity index (χ3v) is 3.07. The first kappa shape index (κ1) is 14.8. The molecule has 5 nitrogen and oxygen atoms in total. The van der Waals surface area contributed by atoms with Crippen LogP contribution in [0.4, 0.5) is 19.1 Å². The van der Waals surface area contributed by atoms with Crippen molar-refractivity contribution in [2.24, 2.45) is 0 Å². The van der Waals surface area contributed by atoms with Gasteiger partial charge in [0.05, 0.1) is 0 Å². The van der Waals surface area contributed by atoms with Gasteiger partial charge in [-0.15, -0.1) is 0 Å². The van der Waals surface area contributed by atoms with Gasteiger partial charge in [0.25, 0.3) is 0 Å². The number of hydrogen-bond donors (Lipinski definition) is 1. The Morgan fingerprint density at radius 1 is 1.30 bits per heavy atom. The van der Waals surface area contributed by atoms with Crippen LogP contribution >= 0.6 is 0 Å². The molecule has 2 rings (SSSR count). The summed E-state index contributed by atoms with van der Waals surface area (Å²) in [4.78, 5) is 9.45. The molecule has 0 bridgehead atoms. The van der Waals surface area contributed by atoms with Crippen molar-refractivity contribution in [3.63, 3.8) is 0 Å². The van der Waals surface area contributed by atoms with Gasteiger partial charge in [-0.3, -0.25) is 4.90 Å². The molecule has 0 aliphatic carbocycles. The highest BCUT2D eigenvalue weighted by Gasteiger charge is 2.34. The van der Waals surface area contributed by atoms with Crippen LogP contribution in [0.2, 0.25) is 0 Å². The molecular weight excluding hydrogens is 273 g/mol. The van der Waals surface area contributed by atoms with Crippen molar-refractivity contribution >= 4 is 5.95 Å². The van der Waals surface area contributed by atoms with Crippen LogP contribution in [-0.4, -0.2) is 48.2 Å². The summed E-state index contributed by atoms with van der Waals surface area (Å²) in [6.45, 7) is 3.04. The van der Waals surface area contributed by atoms with E-state index >= 15 is 0 Å². The second-order valence-corrected chi connectivity index (χ2v) is 4.56. The molecule has 0 atom stereocenters. The lowest BCUT2D eigenvalue weighted by molar-refractivity contribution is -0.141. The number of ether oxygens (including phenoxy) is 1. The lowest BCUT2D eigenvalue weighted by atomic mass is 10.4. The Labute approximate surface area is 115 Å². The lowest BCUT2D eigenvalue weighted by Crippen LogP contribution is -2.25. The number of nitrogens with one attached hydrogen (secondary N) is 1. The van der Waals surface area contributed by atoms with Gasteiger partial charge in [-0.2, -0.15) is 18.2 Å². The maximum Gasteiger partial charge on any atom is 0.433 e. The van der Waals surface area contributed by atoms with E-state index < -0.39 is 11.9 Å². The van der Waals surface area contributed by atoms with Crippen LogP contribution in [-0.2, 0) is 6.18 Å². The van der Waals surface area contributed by atoms with E-state index in [0.29, 0.717) is 13.2 Å². The number of hydrogen-bond acceptors (Lipinski definition) is 5. The molecular formula is C12H17F3N4O. The molecule has 0 saturated carbocycles. The summed E-state index contributed by atoms with van der Waals surface area (Å²) < 4.78 is 43.3. The molecule has 1 N–H and O–H groups in total. The second-order valence-electron chi connectivity index (χ2n) is 4.56. The molecule has 1 fully saturated rings. The van der Waals surface area contributed by atoms with Gasteiger partial charge in [0.15, 0.2) is 5.69 Å². The summed E-state index contributed by atoms with van der Waals surface area (Å²) in [6.07, 6.45) is -2.19. The first-order valence-electron chi connectivity index (χ1n) is 6.48. The molecule has 112 valence electrons. The summed E-state index contributed by atoms with van der Waals surface area (Å²) in [7, 11) is 1.46. The third-order valence-electron chi connectivity index (χ3n) is 3.07. The van der Waals surface area contributed by atoms with Gasteiger partial charge in [0.2, 0.25) is 11.8 Å². The molecule has 1 aromatic heterocycles. The zero-order chi connectivity index (χ0) is 14.6. The molecule has 0 radical (unpaired) electrons. The van der Waals surface area contributed by atoms with Crippen LogP contribution in [0, 0.1) is 0 Å². The zero-order valence-corrected chi connectivity index (χ0v) is 11.2. The van der Waals surface area contributed by atoms with E-state index in [4.69, 9.17) is 4.74 Å². The van der Waals surface area contributed by atoms with Crippen LogP contribution < -0.4 is 10.1 Å². The van der Waals surface area contributed by atoms with Gasteiger partial charge in [-0.1, -0.05) is 0 Å². The van der Waals surface area contributed by atoms with E-state index in [-0.39, 0.29) is 11.8 Å². The largest absolute Gasteiger partial charge is 0.476 e. The van der Waals surface area contributed by atoms with Crippen molar-refractivity contribution in [2.75, 3.05) is 38.6 Å². The number of alkyl halides is 3.